The highest BCUT2D eigenvalue weighted by atomic mass is 19.4. The Balaban J connectivity index is 1.45. The fraction of sp³-hybridized carbons (Fsp3) is 0.947. The van der Waals surface area contributed by atoms with E-state index in [1.54, 1.807) is 4.90 Å². The topological polar surface area (TPSA) is 32.8 Å². The first-order valence-corrected chi connectivity index (χ1v) is 10.1. The molecule has 2 aliphatic heterocycles. The summed E-state index contributed by atoms with van der Waals surface area (Å²) in [5.41, 5.74) is 0. The van der Waals surface area contributed by atoms with Crippen LogP contribution in [0, 0.1) is 17.8 Å². The fourth-order valence-electron chi connectivity index (χ4n) is 4.68. The first-order valence-electron chi connectivity index (χ1n) is 10.1. The standard InChI is InChI=1S/C19H31F3N2O2/c20-19(21,22)17-4-2-1-3-16(17)18(25)24-9-6-15(7-10-24)5-8-23-11-13-26-14-12-23/h15-17H,1-14H2/t16-,17+/m0/s1. The molecule has 0 aromatic carbocycles. The van der Waals surface area contributed by atoms with Gasteiger partial charge in [0.1, 0.15) is 0 Å². The molecule has 2 saturated heterocycles. The van der Waals surface area contributed by atoms with E-state index in [1.165, 1.54) is 0 Å². The van der Waals surface area contributed by atoms with Crippen molar-refractivity contribution in [2.75, 3.05) is 45.9 Å². The van der Waals surface area contributed by atoms with Crippen molar-refractivity contribution in [1.82, 2.24) is 9.80 Å². The summed E-state index contributed by atoms with van der Waals surface area (Å²) in [7, 11) is 0. The molecule has 2 atom stereocenters. The van der Waals surface area contributed by atoms with Gasteiger partial charge in [0.05, 0.1) is 19.1 Å². The Morgan fingerprint density at radius 3 is 2.27 bits per heavy atom. The van der Waals surface area contributed by atoms with E-state index in [0.717, 1.165) is 58.5 Å². The van der Waals surface area contributed by atoms with Crippen molar-refractivity contribution in [1.29, 1.82) is 0 Å². The van der Waals surface area contributed by atoms with Crippen LogP contribution in [0.2, 0.25) is 0 Å². The van der Waals surface area contributed by atoms with Crippen LogP contribution >= 0.6 is 0 Å². The van der Waals surface area contributed by atoms with Crippen molar-refractivity contribution in [3.63, 3.8) is 0 Å². The lowest BCUT2D eigenvalue weighted by molar-refractivity contribution is -0.201. The Labute approximate surface area is 154 Å². The third-order valence-corrected chi connectivity index (χ3v) is 6.39. The number of likely N-dealkylation sites (tertiary alicyclic amines) is 1. The normalized spacial score (nSPS) is 29.7. The molecular weight excluding hydrogens is 345 g/mol. The number of nitrogens with zero attached hydrogens (tertiary/aromatic N) is 2. The number of rotatable bonds is 4. The fourth-order valence-corrected chi connectivity index (χ4v) is 4.68. The molecule has 1 aliphatic carbocycles. The predicted molar refractivity (Wildman–Crippen MR) is 92.7 cm³/mol. The highest BCUT2D eigenvalue weighted by molar-refractivity contribution is 5.79. The predicted octanol–water partition coefficient (Wildman–Crippen LogP) is 3.32. The van der Waals surface area contributed by atoms with Gasteiger partial charge in [-0.3, -0.25) is 9.69 Å². The second-order valence-corrected chi connectivity index (χ2v) is 8.05. The zero-order valence-corrected chi connectivity index (χ0v) is 15.5. The average molecular weight is 376 g/mol. The molecule has 1 amide bonds. The largest absolute Gasteiger partial charge is 0.392 e. The van der Waals surface area contributed by atoms with Crippen molar-refractivity contribution >= 4 is 5.91 Å². The maximum Gasteiger partial charge on any atom is 0.392 e. The molecular formula is C19H31F3N2O2. The van der Waals surface area contributed by atoms with Gasteiger partial charge < -0.3 is 9.64 Å². The van der Waals surface area contributed by atoms with Crippen molar-refractivity contribution in [3.8, 4) is 0 Å². The van der Waals surface area contributed by atoms with Crippen LogP contribution in [0.15, 0.2) is 0 Å². The van der Waals surface area contributed by atoms with Crippen LogP contribution in [0.25, 0.3) is 0 Å². The average Bonchev–Trinajstić information content (AvgIpc) is 2.66. The van der Waals surface area contributed by atoms with Crippen LogP contribution in [-0.2, 0) is 9.53 Å². The van der Waals surface area contributed by atoms with E-state index in [1.807, 2.05) is 0 Å². The number of hydrogen-bond donors (Lipinski definition) is 0. The number of carbonyl (C=O) groups excluding carboxylic acids is 1. The molecule has 26 heavy (non-hydrogen) atoms. The Bertz CT molecular complexity index is 458. The lowest BCUT2D eigenvalue weighted by Gasteiger charge is -2.39. The molecule has 1 saturated carbocycles. The van der Waals surface area contributed by atoms with Crippen LogP contribution in [0.4, 0.5) is 13.2 Å². The van der Waals surface area contributed by atoms with Gasteiger partial charge in [-0.1, -0.05) is 12.8 Å². The summed E-state index contributed by atoms with van der Waals surface area (Å²) in [4.78, 5) is 16.8. The van der Waals surface area contributed by atoms with Gasteiger partial charge in [-0.2, -0.15) is 13.2 Å². The number of halogens is 3. The van der Waals surface area contributed by atoms with Gasteiger partial charge in [0.25, 0.3) is 0 Å². The second-order valence-electron chi connectivity index (χ2n) is 8.05. The smallest absolute Gasteiger partial charge is 0.379 e. The number of piperidine rings is 1. The Kier molecular flexibility index (Phi) is 6.83. The number of ether oxygens (including phenoxy) is 1. The van der Waals surface area contributed by atoms with Crippen LogP contribution in [0.5, 0.6) is 0 Å². The Morgan fingerprint density at radius 1 is 0.962 bits per heavy atom. The molecule has 2 heterocycles. The summed E-state index contributed by atoms with van der Waals surface area (Å²) in [5, 5.41) is 0. The summed E-state index contributed by atoms with van der Waals surface area (Å²) in [6.07, 6.45) is 0.499. The van der Waals surface area contributed by atoms with E-state index >= 15 is 0 Å². The monoisotopic (exact) mass is 376 g/mol. The molecule has 0 bridgehead atoms. The molecule has 4 nitrogen and oxygen atoms in total. The minimum atomic E-state index is -4.25. The Hall–Kier alpha value is -0.820. The first kappa shape index (κ1) is 19.9. The van der Waals surface area contributed by atoms with Gasteiger partial charge in [0.2, 0.25) is 5.91 Å². The number of hydrogen-bond acceptors (Lipinski definition) is 3. The van der Waals surface area contributed by atoms with E-state index in [4.69, 9.17) is 4.74 Å². The molecule has 3 rings (SSSR count). The minimum Gasteiger partial charge on any atom is -0.379 e. The zero-order valence-electron chi connectivity index (χ0n) is 15.5. The van der Waals surface area contributed by atoms with Crippen molar-refractivity contribution in [3.05, 3.63) is 0 Å². The Morgan fingerprint density at radius 2 is 1.62 bits per heavy atom. The molecule has 7 heteroatoms. The van der Waals surface area contributed by atoms with Gasteiger partial charge in [0.15, 0.2) is 0 Å². The van der Waals surface area contributed by atoms with Crippen LogP contribution in [0.3, 0.4) is 0 Å². The number of amides is 1. The molecule has 3 fully saturated rings. The molecule has 0 unspecified atom stereocenters. The summed E-state index contributed by atoms with van der Waals surface area (Å²) < 4.78 is 45.2. The molecule has 0 radical (unpaired) electrons. The summed E-state index contributed by atoms with van der Waals surface area (Å²) in [5.74, 6) is -1.97. The quantitative estimate of drug-likeness (QED) is 0.755. The van der Waals surface area contributed by atoms with Crippen LogP contribution in [0.1, 0.15) is 44.9 Å². The van der Waals surface area contributed by atoms with Crippen molar-refractivity contribution in [2.45, 2.75) is 51.1 Å². The molecule has 150 valence electrons. The third kappa shape index (κ3) is 5.12. The molecule has 0 aromatic heterocycles. The molecule has 0 N–H and O–H groups in total. The number of alkyl halides is 3. The third-order valence-electron chi connectivity index (χ3n) is 6.39. The second kappa shape index (κ2) is 8.91. The van der Waals surface area contributed by atoms with Gasteiger partial charge in [-0.05, 0) is 44.6 Å². The maximum absolute atomic E-state index is 13.3. The van der Waals surface area contributed by atoms with E-state index in [0.29, 0.717) is 31.8 Å². The first-order chi connectivity index (χ1) is 12.4. The number of carbonyl (C=O) groups is 1. The maximum atomic E-state index is 13.3. The molecule has 0 aromatic rings. The zero-order chi connectivity index (χ0) is 18.6. The summed E-state index contributed by atoms with van der Waals surface area (Å²) >= 11 is 0. The van der Waals surface area contributed by atoms with Crippen molar-refractivity contribution in [2.24, 2.45) is 17.8 Å². The molecule has 0 spiro atoms. The van der Waals surface area contributed by atoms with Crippen LogP contribution in [-0.4, -0.2) is 67.8 Å². The summed E-state index contributed by atoms with van der Waals surface area (Å²) in [6.45, 7) is 5.86. The van der Waals surface area contributed by atoms with E-state index in [-0.39, 0.29) is 12.3 Å². The highest BCUT2D eigenvalue weighted by Gasteiger charge is 2.49. The van der Waals surface area contributed by atoms with Gasteiger partial charge in [-0.15, -0.1) is 0 Å². The van der Waals surface area contributed by atoms with Gasteiger partial charge >= 0.3 is 6.18 Å². The van der Waals surface area contributed by atoms with E-state index in [9.17, 15) is 18.0 Å². The van der Waals surface area contributed by atoms with Gasteiger partial charge in [-0.25, -0.2) is 0 Å². The van der Waals surface area contributed by atoms with E-state index < -0.39 is 18.0 Å². The highest BCUT2D eigenvalue weighted by Crippen LogP contribution is 2.42. The SMILES string of the molecule is O=C([C@H]1CCCC[C@H]1C(F)(F)F)N1CCC(CCN2CCOCC2)CC1. The lowest BCUT2D eigenvalue weighted by atomic mass is 9.77. The van der Waals surface area contributed by atoms with Gasteiger partial charge in [0, 0.05) is 32.1 Å². The lowest BCUT2D eigenvalue weighted by Crippen LogP contribution is -2.47. The number of morpholine rings is 1. The molecule has 3 aliphatic rings. The minimum absolute atomic E-state index is 0.107. The van der Waals surface area contributed by atoms with Crippen molar-refractivity contribution < 1.29 is 22.7 Å². The summed E-state index contributed by atoms with van der Waals surface area (Å²) in [6, 6.07) is 0. The van der Waals surface area contributed by atoms with Crippen LogP contribution < -0.4 is 0 Å². The van der Waals surface area contributed by atoms with E-state index in [2.05, 4.69) is 4.90 Å².